The number of benzene rings is 5. The Hall–Kier alpha value is -3.84. The lowest BCUT2D eigenvalue weighted by molar-refractivity contribution is 0.858. The Morgan fingerprint density at radius 2 is 1.23 bits per heavy atom. The van der Waals surface area contributed by atoms with Crippen LogP contribution in [0.25, 0.3) is 27.1 Å². The highest BCUT2D eigenvalue weighted by atomic mass is 15.1. The molecule has 0 bridgehead atoms. The van der Waals surface area contributed by atoms with Crippen LogP contribution >= 0.6 is 0 Å². The number of nitrogens with zero attached hydrogens (tertiary/aromatic N) is 1. The van der Waals surface area contributed by atoms with Gasteiger partial charge < -0.3 is 4.90 Å². The highest BCUT2D eigenvalue weighted by molar-refractivity contribution is 6.12. The minimum absolute atomic E-state index is 0.902. The predicted octanol–water partition coefficient (Wildman–Crippen LogP) is 7.44. The highest BCUT2D eigenvalue weighted by Gasteiger charge is 2.22. The summed E-state index contributed by atoms with van der Waals surface area (Å²) in [5.74, 6) is 0. The van der Waals surface area contributed by atoms with Crippen LogP contribution in [0, 0.1) is 0 Å². The standard InChI is InChI=1S/C30H23N/c1-2-10-22(11-3-1)21-31-19-18-28(27-16-8-9-17-29(27)31)30-25-14-6-4-12-23(25)20-24-13-5-7-15-26(24)30/h1-18,20H,19,21H2. The van der Waals surface area contributed by atoms with Crippen molar-refractivity contribution in [3.8, 4) is 0 Å². The van der Waals surface area contributed by atoms with E-state index in [0.29, 0.717) is 0 Å². The van der Waals surface area contributed by atoms with Crippen LogP contribution < -0.4 is 4.90 Å². The summed E-state index contributed by atoms with van der Waals surface area (Å²) < 4.78 is 0. The maximum atomic E-state index is 2.47. The molecule has 6 rings (SSSR count). The van der Waals surface area contributed by atoms with E-state index in [4.69, 9.17) is 0 Å². The summed E-state index contributed by atoms with van der Waals surface area (Å²) in [5, 5.41) is 5.22. The minimum atomic E-state index is 0.902. The van der Waals surface area contributed by atoms with Crippen molar-refractivity contribution in [3.05, 3.63) is 132 Å². The molecule has 0 radical (unpaired) electrons. The van der Waals surface area contributed by atoms with Crippen molar-refractivity contribution >= 4 is 32.8 Å². The van der Waals surface area contributed by atoms with Gasteiger partial charge >= 0.3 is 0 Å². The van der Waals surface area contributed by atoms with Crippen LogP contribution in [0.15, 0.2) is 115 Å². The Balaban J connectivity index is 1.55. The Morgan fingerprint density at radius 3 is 1.97 bits per heavy atom. The molecule has 1 aliphatic heterocycles. The lowest BCUT2D eigenvalue weighted by Gasteiger charge is -2.32. The topological polar surface area (TPSA) is 3.24 Å². The first-order valence-electron chi connectivity index (χ1n) is 10.9. The molecule has 1 heteroatoms. The molecule has 0 aliphatic carbocycles. The average Bonchev–Trinajstić information content (AvgIpc) is 2.84. The Kier molecular flexibility index (Phi) is 4.32. The number of para-hydroxylation sites is 1. The van der Waals surface area contributed by atoms with E-state index in [1.807, 2.05) is 0 Å². The molecule has 5 aromatic rings. The molecule has 0 saturated carbocycles. The smallest absolute Gasteiger partial charge is 0.0451 e. The number of fused-ring (bicyclic) bond motifs is 3. The SMILES string of the molecule is C1=C(c2c3ccccc3cc3ccccc23)c2ccccc2N(Cc2ccccc2)C1. The van der Waals surface area contributed by atoms with Crippen LogP contribution in [-0.4, -0.2) is 6.54 Å². The maximum absolute atomic E-state index is 2.47. The lowest BCUT2D eigenvalue weighted by Crippen LogP contribution is -2.26. The Labute approximate surface area is 182 Å². The quantitative estimate of drug-likeness (QED) is 0.286. The number of rotatable bonds is 3. The molecule has 1 nitrogen and oxygen atoms in total. The van der Waals surface area contributed by atoms with Crippen LogP contribution in [0.1, 0.15) is 16.7 Å². The highest BCUT2D eigenvalue weighted by Crippen LogP contribution is 2.41. The molecule has 148 valence electrons. The summed E-state index contributed by atoms with van der Waals surface area (Å²) in [6.45, 7) is 1.82. The summed E-state index contributed by atoms with van der Waals surface area (Å²) in [7, 11) is 0. The van der Waals surface area contributed by atoms with Gasteiger partial charge in [0.25, 0.3) is 0 Å². The van der Waals surface area contributed by atoms with E-state index in [0.717, 1.165) is 13.1 Å². The molecule has 0 saturated heterocycles. The third-order valence-corrected chi connectivity index (χ3v) is 6.31. The molecule has 0 fully saturated rings. The van der Waals surface area contributed by atoms with Gasteiger partial charge in [-0.2, -0.15) is 0 Å². The van der Waals surface area contributed by atoms with E-state index in [1.54, 1.807) is 0 Å². The van der Waals surface area contributed by atoms with Crippen LogP contribution in [0.4, 0.5) is 5.69 Å². The largest absolute Gasteiger partial charge is 0.363 e. The average molecular weight is 398 g/mol. The second kappa shape index (κ2) is 7.45. The molecule has 1 aliphatic rings. The molecule has 0 unspecified atom stereocenters. The fraction of sp³-hybridized carbons (Fsp3) is 0.0667. The van der Waals surface area contributed by atoms with Crippen molar-refractivity contribution in [1.29, 1.82) is 0 Å². The van der Waals surface area contributed by atoms with Crippen molar-refractivity contribution in [3.63, 3.8) is 0 Å². The summed E-state index contributed by atoms with van der Waals surface area (Å²) in [6.07, 6.45) is 2.42. The van der Waals surface area contributed by atoms with E-state index in [1.165, 1.54) is 49.5 Å². The normalized spacial score (nSPS) is 13.3. The Bertz CT molecular complexity index is 1380. The van der Waals surface area contributed by atoms with E-state index in [2.05, 4.69) is 120 Å². The number of hydrogen-bond acceptors (Lipinski definition) is 1. The van der Waals surface area contributed by atoms with Gasteiger partial charge in [-0.15, -0.1) is 0 Å². The zero-order chi connectivity index (χ0) is 20.6. The van der Waals surface area contributed by atoms with Gasteiger partial charge in [0.15, 0.2) is 0 Å². The first-order chi connectivity index (χ1) is 15.4. The molecular formula is C30H23N. The van der Waals surface area contributed by atoms with Gasteiger partial charge in [-0.25, -0.2) is 0 Å². The molecule has 0 aromatic heterocycles. The summed E-state index contributed by atoms with van der Waals surface area (Å²) in [4.78, 5) is 2.47. The van der Waals surface area contributed by atoms with Crippen LogP contribution in [0.2, 0.25) is 0 Å². The monoisotopic (exact) mass is 397 g/mol. The van der Waals surface area contributed by atoms with E-state index in [9.17, 15) is 0 Å². The van der Waals surface area contributed by atoms with E-state index < -0.39 is 0 Å². The molecule has 5 aromatic carbocycles. The van der Waals surface area contributed by atoms with Gasteiger partial charge in [0.1, 0.15) is 0 Å². The summed E-state index contributed by atoms with van der Waals surface area (Å²) >= 11 is 0. The zero-order valence-corrected chi connectivity index (χ0v) is 17.3. The van der Waals surface area contributed by atoms with Crippen molar-refractivity contribution < 1.29 is 0 Å². The maximum Gasteiger partial charge on any atom is 0.0451 e. The first-order valence-corrected chi connectivity index (χ1v) is 10.9. The fourth-order valence-corrected chi connectivity index (χ4v) is 4.88. The van der Waals surface area contributed by atoms with Gasteiger partial charge in [-0.1, -0.05) is 103 Å². The van der Waals surface area contributed by atoms with Crippen LogP contribution in [0.5, 0.6) is 0 Å². The third kappa shape index (κ3) is 3.10. The first kappa shape index (κ1) is 18.0. The van der Waals surface area contributed by atoms with Crippen molar-refractivity contribution in [2.75, 3.05) is 11.4 Å². The lowest BCUT2D eigenvalue weighted by atomic mass is 9.86. The van der Waals surface area contributed by atoms with Gasteiger partial charge in [0.05, 0.1) is 0 Å². The van der Waals surface area contributed by atoms with Crippen LogP contribution in [-0.2, 0) is 6.54 Å². The number of hydrogen-bond donors (Lipinski definition) is 0. The van der Waals surface area contributed by atoms with Crippen LogP contribution in [0.3, 0.4) is 0 Å². The minimum Gasteiger partial charge on any atom is -0.363 e. The third-order valence-electron chi connectivity index (χ3n) is 6.31. The van der Waals surface area contributed by atoms with E-state index >= 15 is 0 Å². The zero-order valence-electron chi connectivity index (χ0n) is 17.3. The molecule has 0 amide bonds. The van der Waals surface area contributed by atoms with Crippen molar-refractivity contribution in [2.45, 2.75) is 6.54 Å². The van der Waals surface area contributed by atoms with Gasteiger partial charge in [-0.3, -0.25) is 0 Å². The Morgan fingerprint density at radius 1 is 0.613 bits per heavy atom. The second-order valence-corrected chi connectivity index (χ2v) is 8.19. The second-order valence-electron chi connectivity index (χ2n) is 8.19. The predicted molar refractivity (Wildman–Crippen MR) is 132 cm³/mol. The summed E-state index contributed by atoms with van der Waals surface area (Å²) in [6, 6.07) is 39.4. The van der Waals surface area contributed by atoms with Gasteiger partial charge in [0, 0.05) is 24.3 Å². The van der Waals surface area contributed by atoms with E-state index in [-0.39, 0.29) is 0 Å². The van der Waals surface area contributed by atoms with Gasteiger partial charge in [-0.05, 0) is 50.4 Å². The summed E-state index contributed by atoms with van der Waals surface area (Å²) in [5.41, 5.74) is 6.64. The molecule has 1 heterocycles. The fourth-order valence-electron chi connectivity index (χ4n) is 4.88. The van der Waals surface area contributed by atoms with Gasteiger partial charge in [0.2, 0.25) is 0 Å². The molecule has 0 spiro atoms. The number of anilines is 1. The molecule has 0 atom stereocenters. The molecule has 31 heavy (non-hydrogen) atoms. The van der Waals surface area contributed by atoms with Crippen molar-refractivity contribution in [2.24, 2.45) is 0 Å². The van der Waals surface area contributed by atoms with Crippen molar-refractivity contribution in [1.82, 2.24) is 0 Å². The molecule has 0 N–H and O–H groups in total. The molecular weight excluding hydrogens is 374 g/mol.